The van der Waals surface area contributed by atoms with E-state index in [9.17, 15) is 0 Å². The third-order valence-electron chi connectivity index (χ3n) is 2.76. The molecule has 0 fully saturated rings. The second-order valence-electron chi connectivity index (χ2n) is 3.70. The molecule has 0 aliphatic heterocycles. The predicted molar refractivity (Wildman–Crippen MR) is 56.3 cm³/mol. The van der Waals surface area contributed by atoms with E-state index in [0.717, 1.165) is 11.4 Å². The molecule has 1 atom stereocenters. The van der Waals surface area contributed by atoms with Crippen LogP contribution in [0.2, 0.25) is 5.02 Å². The van der Waals surface area contributed by atoms with E-state index in [1.54, 1.807) is 0 Å². The standard InChI is InChI=1S/C11H14ClN/c1-7-5-8-3-4-10(13-2)11(8)9(12)6-7/h5-6,10,13H,3-4H2,1-2H3. The van der Waals surface area contributed by atoms with Crippen LogP contribution in [0.4, 0.5) is 0 Å². The van der Waals surface area contributed by atoms with E-state index < -0.39 is 0 Å². The fourth-order valence-corrected chi connectivity index (χ4v) is 2.58. The number of hydrogen-bond acceptors (Lipinski definition) is 1. The minimum atomic E-state index is 0.461. The first-order valence-corrected chi connectivity index (χ1v) is 5.06. The van der Waals surface area contributed by atoms with Crippen molar-refractivity contribution in [3.05, 3.63) is 33.8 Å². The fraction of sp³-hybridized carbons (Fsp3) is 0.455. The highest BCUT2D eigenvalue weighted by Gasteiger charge is 2.23. The van der Waals surface area contributed by atoms with E-state index in [0.29, 0.717) is 6.04 Å². The lowest BCUT2D eigenvalue weighted by Crippen LogP contribution is -2.13. The normalized spacial score (nSPS) is 20.4. The summed E-state index contributed by atoms with van der Waals surface area (Å²) in [6, 6.07) is 4.76. The van der Waals surface area contributed by atoms with Gasteiger partial charge in [0, 0.05) is 11.1 Å². The summed E-state index contributed by atoms with van der Waals surface area (Å²) in [6.45, 7) is 2.10. The average Bonchev–Trinajstić information content (AvgIpc) is 2.47. The van der Waals surface area contributed by atoms with Gasteiger partial charge in [-0.25, -0.2) is 0 Å². The number of aryl methyl sites for hydroxylation is 2. The van der Waals surface area contributed by atoms with Crippen LogP contribution >= 0.6 is 11.6 Å². The van der Waals surface area contributed by atoms with Crippen molar-refractivity contribution in [3.63, 3.8) is 0 Å². The minimum Gasteiger partial charge on any atom is -0.313 e. The Balaban J connectivity index is 2.51. The number of fused-ring (bicyclic) bond motifs is 1. The number of rotatable bonds is 1. The van der Waals surface area contributed by atoms with Gasteiger partial charge in [0.2, 0.25) is 0 Å². The van der Waals surface area contributed by atoms with Crippen LogP contribution in [0.1, 0.15) is 29.2 Å². The fourth-order valence-electron chi connectivity index (χ4n) is 2.16. The third kappa shape index (κ3) is 1.47. The van der Waals surface area contributed by atoms with Crippen molar-refractivity contribution in [3.8, 4) is 0 Å². The zero-order chi connectivity index (χ0) is 9.42. The molecule has 1 nitrogen and oxygen atoms in total. The van der Waals surface area contributed by atoms with Crippen molar-refractivity contribution in [2.75, 3.05) is 7.05 Å². The van der Waals surface area contributed by atoms with E-state index in [-0.39, 0.29) is 0 Å². The first kappa shape index (κ1) is 9.04. The molecule has 0 heterocycles. The van der Waals surface area contributed by atoms with Crippen molar-refractivity contribution in [1.29, 1.82) is 0 Å². The number of halogens is 1. The van der Waals surface area contributed by atoms with Crippen molar-refractivity contribution in [1.82, 2.24) is 5.32 Å². The molecule has 0 amide bonds. The SMILES string of the molecule is CNC1CCc2cc(C)cc(Cl)c21. The molecule has 2 rings (SSSR count). The molecule has 70 valence electrons. The van der Waals surface area contributed by atoms with Crippen LogP contribution in [0.5, 0.6) is 0 Å². The topological polar surface area (TPSA) is 12.0 Å². The summed E-state index contributed by atoms with van der Waals surface area (Å²) < 4.78 is 0. The summed E-state index contributed by atoms with van der Waals surface area (Å²) in [6.07, 6.45) is 2.33. The van der Waals surface area contributed by atoms with Gasteiger partial charge in [-0.15, -0.1) is 0 Å². The largest absolute Gasteiger partial charge is 0.313 e. The summed E-state index contributed by atoms with van der Waals surface area (Å²) in [4.78, 5) is 0. The summed E-state index contributed by atoms with van der Waals surface area (Å²) >= 11 is 6.21. The number of benzene rings is 1. The second kappa shape index (κ2) is 3.32. The molecule has 0 saturated carbocycles. The van der Waals surface area contributed by atoms with E-state index >= 15 is 0 Å². The Bertz CT molecular complexity index is 333. The molecule has 1 N–H and O–H groups in total. The molecule has 1 aliphatic carbocycles. The maximum Gasteiger partial charge on any atom is 0.0459 e. The van der Waals surface area contributed by atoms with E-state index in [2.05, 4.69) is 24.4 Å². The molecular formula is C11H14ClN. The van der Waals surface area contributed by atoms with Crippen molar-refractivity contribution >= 4 is 11.6 Å². The molecule has 1 unspecified atom stereocenters. The van der Waals surface area contributed by atoms with E-state index in [1.165, 1.54) is 23.1 Å². The van der Waals surface area contributed by atoms with Crippen LogP contribution < -0.4 is 5.32 Å². The first-order valence-electron chi connectivity index (χ1n) is 4.68. The molecule has 13 heavy (non-hydrogen) atoms. The highest BCUT2D eigenvalue weighted by Crippen LogP contribution is 2.36. The molecule has 0 aromatic heterocycles. The van der Waals surface area contributed by atoms with Crippen molar-refractivity contribution in [2.24, 2.45) is 0 Å². The van der Waals surface area contributed by atoms with Gasteiger partial charge < -0.3 is 5.32 Å². The summed E-state index contributed by atoms with van der Waals surface area (Å²) in [5, 5.41) is 4.22. The number of nitrogens with one attached hydrogen (secondary N) is 1. The predicted octanol–water partition coefficient (Wildman–Crippen LogP) is 2.86. The molecule has 0 saturated heterocycles. The Morgan fingerprint density at radius 1 is 1.46 bits per heavy atom. The first-order chi connectivity index (χ1) is 6.22. The highest BCUT2D eigenvalue weighted by atomic mass is 35.5. The Morgan fingerprint density at radius 3 is 2.92 bits per heavy atom. The zero-order valence-corrected chi connectivity index (χ0v) is 8.78. The Hall–Kier alpha value is -0.530. The van der Waals surface area contributed by atoms with Gasteiger partial charge in [-0.3, -0.25) is 0 Å². The molecule has 0 radical (unpaired) electrons. The van der Waals surface area contributed by atoms with Gasteiger partial charge in [0.15, 0.2) is 0 Å². The van der Waals surface area contributed by atoms with Crippen LogP contribution in [-0.4, -0.2) is 7.05 Å². The lowest BCUT2D eigenvalue weighted by atomic mass is 10.1. The van der Waals surface area contributed by atoms with Crippen LogP contribution in [0.15, 0.2) is 12.1 Å². The smallest absolute Gasteiger partial charge is 0.0459 e. The van der Waals surface area contributed by atoms with Gasteiger partial charge in [0.1, 0.15) is 0 Å². The quantitative estimate of drug-likeness (QED) is 0.727. The highest BCUT2D eigenvalue weighted by molar-refractivity contribution is 6.31. The lowest BCUT2D eigenvalue weighted by molar-refractivity contribution is 0.590. The monoisotopic (exact) mass is 195 g/mol. The molecule has 1 aliphatic rings. The Kier molecular flexibility index (Phi) is 2.31. The summed E-state index contributed by atoms with van der Waals surface area (Å²) in [7, 11) is 2.00. The molecule has 0 spiro atoms. The van der Waals surface area contributed by atoms with Crippen LogP contribution in [-0.2, 0) is 6.42 Å². The summed E-state index contributed by atoms with van der Waals surface area (Å²) in [5.41, 5.74) is 4.00. The van der Waals surface area contributed by atoms with E-state index in [1.807, 2.05) is 7.05 Å². The van der Waals surface area contributed by atoms with Crippen LogP contribution in [0.3, 0.4) is 0 Å². The minimum absolute atomic E-state index is 0.461. The van der Waals surface area contributed by atoms with Gasteiger partial charge in [0.05, 0.1) is 0 Å². The maximum absolute atomic E-state index is 6.21. The van der Waals surface area contributed by atoms with Crippen LogP contribution in [0.25, 0.3) is 0 Å². The number of hydrogen-bond donors (Lipinski definition) is 1. The van der Waals surface area contributed by atoms with Crippen LogP contribution in [0, 0.1) is 6.92 Å². The van der Waals surface area contributed by atoms with Crippen molar-refractivity contribution in [2.45, 2.75) is 25.8 Å². The van der Waals surface area contributed by atoms with Gasteiger partial charge in [-0.1, -0.05) is 17.7 Å². The molecule has 0 bridgehead atoms. The average molecular weight is 196 g/mol. The van der Waals surface area contributed by atoms with Gasteiger partial charge in [0.25, 0.3) is 0 Å². The Labute approximate surface area is 84.1 Å². The molecule has 1 aromatic carbocycles. The molecule has 1 aromatic rings. The lowest BCUT2D eigenvalue weighted by Gasteiger charge is -2.12. The second-order valence-corrected chi connectivity index (χ2v) is 4.11. The van der Waals surface area contributed by atoms with Gasteiger partial charge in [-0.05, 0) is 49.6 Å². The molecule has 2 heteroatoms. The third-order valence-corrected chi connectivity index (χ3v) is 3.07. The van der Waals surface area contributed by atoms with Crippen molar-refractivity contribution < 1.29 is 0 Å². The Morgan fingerprint density at radius 2 is 2.23 bits per heavy atom. The molecular weight excluding hydrogens is 182 g/mol. The zero-order valence-electron chi connectivity index (χ0n) is 8.02. The van der Waals surface area contributed by atoms with Gasteiger partial charge in [-0.2, -0.15) is 0 Å². The maximum atomic E-state index is 6.21. The van der Waals surface area contributed by atoms with Gasteiger partial charge >= 0.3 is 0 Å². The summed E-state index contributed by atoms with van der Waals surface area (Å²) in [5.74, 6) is 0. The van der Waals surface area contributed by atoms with E-state index in [4.69, 9.17) is 11.6 Å².